The first-order valence-electron chi connectivity index (χ1n) is 7.32. The molecule has 0 aromatic heterocycles. The molecule has 0 heteroatoms. The predicted molar refractivity (Wildman–Crippen MR) is 83.6 cm³/mol. The lowest BCUT2D eigenvalue weighted by molar-refractivity contribution is 0.353. The Hall–Kier alpha value is -1.56. The molecule has 2 unspecified atom stereocenters. The standard InChI is InChI=1S/C19H24/c1-4-18(16-12-8-6-9-13-16)19(3,5-2)17-14-10-7-11-15-17/h6-15,18H,4-5H2,1-3H3. The largest absolute Gasteiger partial charge is 0.0648 e. The Bertz CT molecular complexity index is 486. The van der Waals surface area contributed by atoms with Crippen LogP contribution in [0.4, 0.5) is 0 Å². The molecule has 2 atom stereocenters. The van der Waals surface area contributed by atoms with Gasteiger partial charge in [0.1, 0.15) is 0 Å². The summed E-state index contributed by atoms with van der Waals surface area (Å²) >= 11 is 0. The molecule has 0 aliphatic carbocycles. The minimum absolute atomic E-state index is 0.206. The zero-order valence-corrected chi connectivity index (χ0v) is 12.3. The van der Waals surface area contributed by atoms with Crippen molar-refractivity contribution in [2.45, 2.75) is 44.9 Å². The van der Waals surface area contributed by atoms with E-state index in [0.717, 1.165) is 6.42 Å². The van der Waals surface area contributed by atoms with E-state index in [1.54, 1.807) is 0 Å². The Labute approximate surface area is 117 Å². The van der Waals surface area contributed by atoms with E-state index >= 15 is 0 Å². The number of benzene rings is 2. The van der Waals surface area contributed by atoms with E-state index in [1.807, 2.05) is 0 Å². The highest BCUT2D eigenvalue weighted by Gasteiger charge is 2.33. The normalized spacial score (nSPS) is 15.7. The molecule has 0 aliphatic rings. The van der Waals surface area contributed by atoms with E-state index in [0.29, 0.717) is 5.92 Å². The first kappa shape index (κ1) is 13.9. The van der Waals surface area contributed by atoms with Crippen molar-refractivity contribution in [3.63, 3.8) is 0 Å². The van der Waals surface area contributed by atoms with Crippen molar-refractivity contribution < 1.29 is 0 Å². The number of hydrogen-bond donors (Lipinski definition) is 0. The fourth-order valence-corrected chi connectivity index (χ4v) is 3.21. The molecule has 0 aliphatic heterocycles. The topological polar surface area (TPSA) is 0 Å². The highest BCUT2D eigenvalue weighted by molar-refractivity contribution is 5.32. The van der Waals surface area contributed by atoms with Gasteiger partial charge in [0.15, 0.2) is 0 Å². The minimum atomic E-state index is 0.206. The van der Waals surface area contributed by atoms with E-state index in [4.69, 9.17) is 0 Å². The fraction of sp³-hybridized carbons (Fsp3) is 0.368. The second kappa shape index (κ2) is 6.06. The van der Waals surface area contributed by atoms with Gasteiger partial charge in [0.05, 0.1) is 0 Å². The molecule has 0 amide bonds. The van der Waals surface area contributed by atoms with Crippen LogP contribution in [0.25, 0.3) is 0 Å². The van der Waals surface area contributed by atoms with E-state index in [-0.39, 0.29) is 5.41 Å². The Morgan fingerprint density at radius 3 is 1.84 bits per heavy atom. The van der Waals surface area contributed by atoms with Gasteiger partial charge in [0, 0.05) is 0 Å². The first-order chi connectivity index (χ1) is 9.22. The Kier molecular flexibility index (Phi) is 4.42. The summed E-state index contributed by atoms with van der Waals surface area (Å²) in [7, 11) is 0. The molecular formula is C19H24. The molecule has 0 saturated heterocycles. The quantitative estimate of drug-likeness (QED) is 0.654. The average Bonchev–Trinajstić information content (AvgIpc) is 2.49. The second-order valence-corrected chi connectivity index (χ2v) is 5.51. The van der Waals surface area contributed by atoms with Crippen LogP contribution in [0.3, 0.4) is 0 Å². The maximum absolute atomic E-state index is 2.41. The second-order valence-electron chi connectivity index (χ2n) is 5.51. The molecule has 0 bridgehead atoms. The van der Waals surface area contributed by atoms with Crippen LogP contribution in [0.1, 0.15) is 50.7 Å². The summed E-state index contributed by atoms with van der Waals surface area (Å²) in [6.45, 7) is 7.01. The maximum atomic E-state index is 2.41. The van der Waals surface area contributed by atoms with Gasteiger partial charge in [-0.15, -0.1) is 0 Å². The Morgan fingerprint density at radius 2 is 1.37 bits per heavy atom. The molecule has 0 spiro atoms. The molecule has 0 N–H and O–H groups in total. The van der Waals surface area contributed by atoms with Gasteiger partial charge >= 0.3 is 0 Å². The van der Waals surface area contributed by atoms with Gasteiger partial charge < -0.3 is 0 Å². The summed E-state index contributed by atoms with van der Waals surface area (Å²) in [5.41, 5.74) is 3.11. The molecule has 2 aromatic carbocycles. The van der Waals surface area contributed by atoms with Crippen molar-refractivity contribution in [3.8, 4) is 0 Å². The molecule has 0 saturated carbocycles. The zero-order chi connectivity index (χ0) is 13.7. The van der Waals surface area contributed by atoms with Crippen molar-refractivity contribution >= 4 is 0 Å². The molecule has 19 heavy (non-hydrogen) atoms. The summed E-state index contributed by atoms with van der Waals surface area (Å²) in [5, 5.41) is 0. The molecule has 100 valence electrons. The summed E-state index contributed by atoms with van der Waals surface area (Å²) in [5.74, 6) is 0.570. The molecule has 0 radical (unpaired) electrons. The lowest BCUT2D eigenvalue weighted by Crippen LogP contribution is -2.29. The first-order valence-corrected chi connectivity index (χ1v) is 7.32. The lowest BCUT2D eigenvalue weighted by atomic mass is 9.66. The van der Waals surface area contributed by atoms with Crippen LogP contribution in [-0.2, 0) is 5.41 Å². The molecule has 0 nitrogen and oxygen atoms in total. The predicted octanol–water partition coefficient (Wildman–Crippen LogP) is 5.55. The zero-order valence-electron chi connectivity index (χ0n) is 12.3. The van der Waals surface area contributed by atoms with Crippen LogP contribution in [-0.4, -0.2) is 0 Å². The van der Waals surface area contributed by atoms with Gasteiger partial charge in [-0.3, -0.25) is 0 Å². The van der Waals surface area contributed by atoms with E-state index in [1.165, 1.54) is 17.5 Å². The average molecular weight is 252 g/mol. The van der Waals surface area contributed by atoms with E-state index < -0.39 is 0 Å². The van der Waals surface area contributed by atoms with Gasteiger partial charge in [0.2, 0.25) is 0 Å². The summed E-state index contributed by atoms with van der Waals surface area (Å²) < 4.78 is 0. The Balaban J connectivity index is 2.44. The third-order valence-electron chi connectivity index (χ3n) is 4.55. The van der Waals surface area contributed by atoms with Crippen LogP contribution >= 0.6 is 0 Å². The monoisotopic (exact) mass is 252 g/mol. The van der Waals surface area contributed by atoms with Crippen molar-refractivity contribution in [1.82, 2.24) is 0 Å². The van der Waals surface area contributed by atoms with Gasteiger partial charge in [-0.1, -0.05) is 81.4 Å². The molecular weight excluding hydrogens is 228 g/mol. The van der Waals surface area contributed by atoms with E-state index in [2.05, 4.69) is 81.4 Å². The number of rotatable bonds is 5. The van der Waals surface area contributed by atoms with Crippen LogP contribution < -0.4 is 0 Å². The van der Waals surface area contributed by atoms with Gasteiger partial charge in [-0.2, -0.15) is 0 Å². The minimum Gasteiger partial charge on any atom is -0.0648 e. The lowest BCUT2D eigenvalue weighted by Gasteiger charge is -2.38. The van der Waals surface area contributed by atoms with Gasteiger partial charge in [-0.05, 0) is 35.3 Å². The summed E-state index contributed by atoms with van der Waals surface area (Å²) in [6.07, 6.45) is 2.33. The van der Waals surface area contributed by atoms with Crippen molar-refractivity contribution in [2.24, 2.45) is 0 Å². The third-order valence-corrected chi connectivity index (χ3v) is 4.55. The van der Waals surface area contributed by atoms with Crippen molar-refractivity contribution in [2.75, 3.05) is 0 Å². The summed E-state index contributed by atoms with van der Waals surface area (Å²) in [6, 6.07) is 21.9. The number of hydrogen-bond acceptors (Lipinski definition) is 0. The maximum Gasteiger partial charge on any atom is -0.000938 e. The molecule has 0 fully saturated rings. The van der Waals surface area contributed by atoms with E-state index in [9.17, 15) is 0 Å². The van der Waals surface area contributed by atoms with Crippen LogP contribution in [0.2, 0.25) is 0 Å². The molecule has 0 heterocycles. The molecule has 2 rings (SSSR count). The van der Waals surface area contributed by atoms with Crippen molar-refractivity contribution in [1.29, 1.82) is 0 Å². The summed E-state index contributed by atoms with van der Waals surface area (Å²) in [4.78, 5) is 0. The fourth-order valence-electron chi connectivity index (χ4n) is 3.21. The molecule has 2 aromatic rings. The third kappa shape index (κ3) is 2.73. The SMILES string of the molecule is CCC(c1ccccc1)C(C)(CC)c1ccccc1. The van der Waals surface area contributed by atoms with Gasteiger partial charge in [0.25, 0.3) is 0 Å². The smallest absolute Gasteiger partial charge is 0.000938 e. The highest BCUT2D eigenvalue weighted by Crippen LogP contribution is 2.43. The van der Waals surface area contributed by atoms with Crippen LogP contribution in [0.5, 0.6) is 0 Å². The van der Waals surface area contributed by atoms with Gasteiger partial charge in [-0.25, -0.2) is 0 Å². The van der Waals surface area contributed by atoms with Crippen molar-refractivity contribution in [3.05, 3.63) is 71.8 Å². The van der Waals surface area contributed by atoms with Crippen LogP contribution in [0.15, 0.2) is 60.7 Å². The highest BCUT2D eigenvalue weighted by atomic mass is 14.4. The van der Waals surface area contributed by atoms with Crippen LogP contribution in [0, 0.1) is 0 Å². The Morgan fingerprint density at radius 1 is 0.842 bits per heavy atom.